The van der Waals surface area contributed by atoms with E-state index in [0.717, 1.165) is 0 Å². The van der Waals surface area contributed by atoms with Gasteiger partial charge < -0.3 is 20.9 Å². The maximum Gasteiger partial charge on any atom is 0.407 e. The van der Waals surface area contributed by atoms with Crippen LogP contribution in [0.1, 0.15) is 0 Å². The topological polar surface area (TPSA) is 84.6 Å². The average molecular weight is 174 g/mol. The highest BCUT2D eigenvalue weighted by Gasteiger charge is 2.03. The zero-order valence-electron chi connectivity index (χ0n) is 6.82. The molecule has 0 aromatic rings. The van der Waals surface area contributed by atoms with E-state index in [0.29, 0.717) is 0 Å². The van der Waals surface area contributed by atoms with E-state index < -0.39 is 12.1 Å². The Hall–Kier alpha value is -1.07. The second-order valence-electron chi connectivity index (χ2n) is 2.21. The van der Waals surface area contributed by atoms with Gasteiger partial charge in [-0.3, -0.25) is 0 Å². The third-order valence-electron chi connectivity index (χ3n) is 1.08. The van der Waals surface area contributed by atoms with Gasteiger partial charge in [-0.15, -0.1) is 0 Å². The SMILES string of the molecule is C=CCOC(=O)NC[C@H](N)CO. The highest BCUT2D eigenvalue weighted by molar-refractivity contribution is 5.67. The predicted octanol–water partition coefficient (Wildman–Crippen LogP) is -0.782. The fourth-order valence-corrected chi connectivity index (χ4v) is 0.465. The molecular formula is C7H14N2O3. The Labute approximate surface area is 71.2 Å². The first kappa shape index (κ1) is 10.9. The van der Waals surface area contributed by atoms with Crippen molar-refractivity contribution in [1.82, 2.24) is 5.32 Å². The zero-order chi connectivity index (χ0) is 9.40. The van der Waals surface area contributed by atoms with E-state index in [-0.39, 0.29) is 19.8 Å². The summed E-state index contributed by atoms with van der Waals surface area (Å²) in [6, 6.07) is -0.443. The first-order valence-corrected chi connectivity index (χ1v) is 3.58. The van der Waals surface area contributed by atoms with Crippen LogP contribution in [0, 0.1) is 0 Å². The third kappa shape index (κ3) is 5.70. The largest absolute Gasteiger partial charge is 0.445 e. The van der Waals surface area contributed by atoms with Crippen molar-refractivity contribution in [3.05, 3.63) is 12.7 Å². The molecule has 1 amide bonds. The number of aliphatic hydroxyl groups is 1. The van der Waals surface area contributed by atoms with Gasteiger partial charge in [0.15, 0.2) is 0 Å². The molecule has 5 heteroatoms. The Morgan fingerprint density at radius 1 is 1.83 bits per heavy atom. The molecule has 1 atom stereocenters. The Morgan fingerprint density at radius 3 is 3.00 bits per heavy atom. The standard InChI is InChI=1S/C7H14N2O3/c1-2-3-12-7(11)9-4-6(8)5-10/h2,6,10H,1,3-5,8H2,(H,9,11)/t6-/m0/s1. The number of alkyl carbamates (subject to hydrolysis) is 1. The van der Waals surface area contributed by atoms with Crippen LogP contribution in [0.15, 0.2) is 12.7 Å². The van der Waals surface area contributed by atoms with Gasteiger partial charge in [-0.2, -0.15) is 0 Å². The summed E-state index contributed by atoms with van der Waals surface area (Å²) in [5.41, 5.74) is 5.31. The van der Waals surface area contributed by atoms with E-state index >= 15 is 0 Å². The summed E-state index contributed by atoms with van der Waals surface area (Å²) in [6.45, 7) is 3.58. The summed E-state index contributed by atoms with van der Waals surface area (Å²) in [5, 5.41) is 10.9. The van der Waals surface area contributed by atoms with E-state index in [1.165, 1.54) is 6.08 Å². The molecule has 0 saturated heterocycles. The lowest BCUT2D eigenvalue weighted by Gasteiger charge is -2.08. The van der Waals surface area contributed by atoms with Gasteiger partial charge in [0, 0.05) is 12.6 Å². The number of carbonyl (C=O) groups excluding carboxylic acids is 1. The Kier molecular flexibility index (Phi) is 6.04. The smallest absolute Gasteiger partial charge is 0.407 e. The molecule has 5 nitrogen and oxygen atoms in total. The van der Waals surface area contributed by atoms with Crippen molar-refractivity contribution in [2.45, 2.75) is 6.04 Å². The lowest BCUT2D eigenvalue weighted by molar-refractivity contribution is 0.156. The molecule has 0 aliphatic rings. The quantitative estimate of drug-likeness (QED) is 0.477. The van der Waals surface area contributed by atoms with Crippen LogP contribution >= 0.6 is 0 Å². The minimum absolute atomic E-state index is 0.165. The molecule has 0 aromatic heterocycles. The highest BCUT2D eigenvalue weighted by atomic mass is 16.5. The molecule has 0 aromatic carbocycles. The van der Waals surface area contributed by atoms with Crippen LogP contribution in [0.4, 0.5) is 4.79 Å². The van der Waals surface area contributed by atoms with Crippen molar-refractivity contribution in [2.24, 2.45) is 5.73 Å². The van der Waals surface area contributed by atoms with Crippen LogP contribution in [0.3, 0.4) is 0 Å². The zero-order valence-corrected chi connectivity index (χ0v) is 6.82. The lowest BCUT2D eigenvalue weighted by Crippen LogP contribution is -2.39. The van der Waals surface area contributed by atoms with Crippen LogP contribution in [0.2, 0.25) is 0 Å². The van der Waals surface area contributed by atoms with Crippen LogP contribution in [0.25, 0.3) is 0 Å². The van der Waals surface area contributed by atoms with Crippen LogP contribution in [0.5, 0.6) is 0 Å². The predicted molar refractivity (Wildman–Crippen MR) is 44.6 cm³/mol. The van der Waals surface area contributed by atoms with Crippen LogP contribution in [-0.2, 0) is 4.74 Å². The van der Waals surface area contributed by atoms with Crippen LogP contribution in [-0.4, -0.2) is 37.0 Å². The summed E-state index contributed by atoms with van der Waals surface area (Å²) < 4.78 is 4.58. The van der Waals surface area contributed by atoms with Crippen molar-refractivity contribution < 1.29 is 14.6 Å². The lowest BCUT2D eigenvalue weighted by atomic mass is 10.3. The second-order valence-corrected chi connectivity index (χ2v) is 2.21. The summed E-state index contributed by atoms with van der Waals surface area (Å²) in [4.78, 5) is 10.7. The summed E-state index contributed by atoms with van der Waals surface area (Å²) >= 11 is 0. The van der Waals surface area contributed by atoms with E-state index in [9.17, 15) is 4.79 Å². The first-order valence-electron chi connectivity index (χ1n) is 3.58. The molecule has 0 bridgehead atoms. The summed E-state index contributed by atoms with van der Waals surface area (Å²) in [5.74, 6) is 0. The molecule has 0 aliphatic heterocycles. The number of amides is 1. The van der Waals surface area contributed by atoms with Crippen molar-refractivity contribution in [3.63, 3.8) is 0 Å². The minimum atomic E-state index is -0.557. The van der Waals surface area contributed by atoms with Gasteiger partial charge in [-0.05, 0) is 0 Å². The van der Waals surface area contributed by atoms with E-state index in [1.54, 1.807) is 0 Å². The van der Waals surface area contributed by atoms with Gasteiger partial charge in [0.2, 0.25) is 0 Å². The van der Waals surface area contributed by atoms with Crippen molar-refractivity contribution in [2.75, 3.05) is 19.8 Å². The second kappa shape index (κ2) is 6.63. The Bertz CT molecular complexity index is 150. The molecule has 0 unspecified atom stereocenters. The number of ether oxygens (including phenoxy) is 1. The number of nitrogens with two attached hydrogens (primary N) is 1. The third-order valence-corrected chi connectivity index (χ3v) is 1.08. The van der Waals surface area contributed by atoms with Gasteiger partial charge in [-0.1, -0.05) is 12.7 Å². The molecule has 12 heavy (non-hydrogen) atoms. The minimum Gasteiger partial charge on any atom is -0.445 e. The number of carbonyl (C=O) groups is 1. The molecule has 0 saturated carbocycles. The number of rotatable bonds is 5. The molecule has 0 spiro atoms. The molecular weight excluding hydrogens is 160 g/mol. The number of hydrogen-bond donors (Lipinski definition) is 3. The van der Waals surface area contributed by atoms with Crippen LogP contribution < -0.4 is 11.1 Å². The Balaban J connectivity index is 3.36. The molecule has 0 fully saturated rings. The van der Waals surface area contributed by atoms with E-state index in [4.69, 9.17) is 10.8 Å². The molecule has 4 N–H and O–H groups in total. The summed E-state index contributed by atoms with van der Waals surface area (Å²) in [7, 11) is 0. The molecule has 0 rings (SSSR count). The van der Waals surface area contributed by atoms with Gasteiger partial charge in [0.1, 0.15) is 6.61 Å². The van der Waals surface area contributed by atoms with Gasteiger partial charge in [-0.25, -0.2) is 4.79 Å². The molecule has 0 aliphatic carbocycles. The number of hydrogen-bond acceptors (Lipinski definition) is 4. The Morgan fingerprint density at radius 2 is 2.50 bits per heavy atom. The van der Waals surface area contributed by atoms with Crippen molar-refractivity contribution >= 4 is 6.09 Å². The first-order chi connectivity index (χ1) is 5.70. The van der Waals surface area contributed by atoms with Gasteiger partial charge in [0.05, 0.1) is 6.61 Å². The molecule has 0 heterocycles. The van der Waals surface area contributed by atoms with Crippen molar-refractivity contribution in [1.29, 1.82) is 0 Å². The summed E-state index contributed by atoms with van der Waals surface area (Å²) in [6.07, 6.45) is 0.907. The normalized spacial score (nSPS) is 11.8. The van der Waals surface area contributed by atoms with E-state index in [1.807, 2.05) is 0 Å². The number of nitrogens with one attached hydrogen (secondary N) is 1. The maximum absolute atomic E-state index is 10.7. The average Bonchev–Trinajstić information content (AvgIpc) is 2.10. The van der Waals surface area contributed by atoms with Gasteiger partial charge >= 0.3 is 6.09 Å². The molecule has 70 valence electrons. The monoisotopic (exact) mass is 174 g/mol. The van der Waals surface area contributed by atoms with E-state index in [2.05, 4.69) is 16.6 Å². The fourth-order valence-electron chi connectivity index (χ4n) is 0.465. The van der Waals surface area contributed by atoms with Crippen molar-refractivity contribution in [3.8, 4) is 0 Å². The van der Waals surface area contributed by atoms with Gasteiger partial charge in [0.25, 0.3) is 0 Å². The fraction of sp³-hybridized carbons (Fsp3) is 0.571. The number of aliphatic hydroxyl groups excluding tert-OH is 1. The molecule has 0 radical (unpaired) electrons. The highest BCUT2D eigenvalue weighted by Crippen LogP contribution is 1.79. The maximum atomic E-state index is 10.7.